The number of thiocarbonyl (C=S) groups is 1. The van der Waals surface area contributed by atoms with Gasteiger partial charge in [0.15, 0.2) is 6.61 Å². The summed E-state index contributed by atoms with van der Waals surface area (Å²) in [4.78, 5) is 21.9. The number of carboxylic acids is 1. The summed E-state index contributed by atoms with van der Waals surface area (Å²) in [6, 6.07) is 7.00. The zero-order valence-electron chi connectivity index (χ0n) is 9.79. The molecule has 1 atom stereocenters. The molecule has 1 aliphatic heterocycles. The van der Waals surface area contributed by atoms with Gasteiger partial charge in [0.25, 0.3) is 0 Å². The molecular formula is C12H11NO4S2. The van der Waals surface area contributed by atoms with Crippen LogP contribution in [0.4, 0.5) is 0 Å². The van der Waals surface area contributed by atoms with Crippen LogP contribution in [0.5, 0.6) is 5.75 Å². The van der Waals surface area contributed by atoms with E-state index >= 15 is 0 Å². The van der Waals surface area contributed by atoms with Gasteiger partial charge in [0.2, 0.25) is 5.91 Å². The van der Waals surface area contributed by atoms with Crippen molar-refractivity contribution in [3.05, 3.63) is 29.8 Å². The molecule has 0 bridgehead atoms. The molecule has 7 heteroatoms. The molecule has 0 spiro atoms. The third kappa shape index (κ3) is 3.93. The topological polar surface area (TPSA) is 75.6 Å². The van der Waals surface area contributed by atoms with E-state index in [0.717, 1.165) is 5.56 Å². The zero-order chi connectivity index (χ0) is 13.8. The smallest absolute Gasteiger partial charge is 0.341 e. The Balaban J connectivity index is 1.93. The minimum Gasteiger partial charge on any atom is -0.482 e. The number of ether oxygens (including phenoxy) is 1. The maximum Gasteiger partial charge on any atom is 0.341 e. The second-order valence-electron chi connectivity index (χ2n) is 3.91. The SMILES string of the molecule is O=C(O)COc1ccc(CC2SC(=S)NC2=O)cc1. The molecule has 2 N–H and O–H groups in total. The summed E-state index contributed by atoms with van der Waals surface area (Å²) in [7, 11) is 0. The molecular weight excluding hydrogens is 286 g/mol. The molecule has 0 saturated carbocycles. The van der Waals surface area contributed by atoms with Gasteiger partial charge in [-0.15, -0.1) is 0 Å². The predicted octanol–water partition coefficient (Wildman–Crippen LogP) is 1.21. The summed E-state index contributed by atoms with van der Waals surface area (Å²) in [5, 5.41) is 10.9. The Bertz CT molecular complexity index is 515. The van der Waals surface area contributed by atoms with Crippen LogP contribution in [-0.4, -0.2) is 33.2 Å². The lowest BCUT2D eigenvalue weighted by molar-refractivity contribution is -0.139. The van der Waals surface area contributed by atoms with Crippen molar-refractivity contribution in [2.75, 3.05) is 6.61 Å². The Morgan fingerprint density at radius 3 is 2.63 bits per heavy atom. The molecule has 0 aliphatic carbocycles. The number of carbonyl (C=O) groups excluding carboxylic acids is 1. The van der Waals surface area contributed by atoms with E-state index in [9.17, 15) is 9.59 Å². The van der Waals surface area contributed by atoms with Crippen LogP contribution in [0.3, 0.4) is 0 Å². The molecule has 1 aromatic rings. The number of rotatable bonds is 5. The molecule has 1 saturated heterocycles. The van der Waals surface area contributed by atoms with E-state index in [-0.39, 0.29) is 17.8 Å². The number of carbonyl (C=O) groups is 2. The Hall–Kier alpha value is -1.60. The molecule has 1 aliphatic rings. The average Bonchev–Trinajstić information content (AvgIpc) is 2.67. The molecule has 1 unspecified atom stereocenters. The van der Waals surface area contributed by atoms with Crippen molar-refractivity contribution in [3.63, 3.8) is 0 Å². The monoisotopic (exact) mass is 297 g/mol. The van der Waals surface area contributed by atoms with Crippen LogP contribution in [-0.2, 0) is 16.0 Å². The summed E-state index contributed by atoms with van der Waals surface area (Å²) in [5.41, 5.74) is 0.972. The summed E-state index contributed by atoms with van der Waals surface area (Å²) < 4.78 is 5.54. The minimum absolute atomic E-state index is 0.0683. The van der Waals surface area contributed by atoms with Gasteiger partial charge in [0.05, 0.1) is 5.25 Å². The molecule has 5 nitrogen and oxygen atoms in total. The first-order valence-corrected chi connectivity index (χ1v) is 6.78. The lowest BCUT2D eigenvalue weighted by Gasteiger charge is -2.07. The third-order valence-electron chi connectivity index (χ3n) is 2.47. The number of aliphatic carboxylic acids is 1. The van der Waals surface area contributed by atoms with E-state index in [0.29, 0.717) is 16.5 Å². The minimum atomic E-state index is -1.02. The van der Waals surface area contributed by atoms with Crippen molar-refractivity contribution < 1.29 is 19.4 Å². The molecule has 1 fully saturated rings. The molecule has 19 heavy (non-hydrogen) atoms. The van der Waals surface area contributed by atoms with Crippen LogP contribution >= 0.6 is 24.0 Å². The van der Waals surface area contributed by atoms with Crippen molar-refractivity contribution >= 4 is 40.2 Å². The van der Waals surface area contributed by atoms with E-state index in [4.69, 9.17) is 22.1 Å². The summed E-state index contributed by atoms with van der Waals surface area (Å²) in [6.45, 7) is -0.367. The highest BCUT2D eigenvalue weighted by atomic mass is 32.2. The van der Waals surface area contributed by atoms with Crippen molar-refractivity contribution in [1.29, 1.82) is 0 Å². The summed E-state index contributed by atoms with van der Waals surface area (Å²) >= 11 is 6.27. The van der Waals surface area contributed by atoms with E-state index in [1.54, 1.807) is 12.1 Å². The summed E-state index contributed by atoms with van der Waals surface area (Å²) in [6.07, 6.45) is 0.579. The van der Waals surface area contributed by atoms with E-state index in [2.05, 4.69) is 5.32 Å². The average molecular weight is 297 g/mol. The highest BCUT2D eigenvalue weighted by Crippen LogP contribution is 2.24. The first kappa shape index (κ1) is 13.8. The number of hydrogen-bond donors (Lipinski definition) is 2. The van der Waals surface area contributed by atoms with Crippen LogP contribution < -0.4 is 10.1 Å². The first-order valence-electron chi connectivity index (χ1n) is 5.49. The fourth-order valence-electron chi connectivity index (χ4n) is 1.61. The number of carboxylic acid groups (broad SMARTS) is 1. The Labute approximate surface area is 119 Å². The highest BCUT2D eigenvalue weighted by molar-refractivity contribution is 8.24. The molecule has 1 amide bonds. The first-order chi connectivity index (χ1) is 9.04. The second kappa shape index (κ2) is 6.03. The zero-order valence-corrected chi connectivity index (χ0v) is 11.4. The quantitative estimate of drug-likeness (QED) is 0.796. The van der Waals surface area contributed by atoms with Crippen LogP contribution in [0.2, 0.25) is 0 Å². The van der Waals surface area contributed by atoms with E-state index < -0.39 is 5.97 Å². The fraction of sp³-hybridized carbons (Fsp3) is 0.250. The molecule has 0 aromatic heterocycles. The number of benzene rings is 1. The number of nitrogens with one attached hydrogen (secondary N) is 1. The van der Waals surface area contributed by atoms with Gasteiger partial charge < -0.3 is 15.2 Å². The molecule has 1 aromatic carbocycles. The number of hydrogen-bond acceptors (Lipinski definition) is 5. The second-order valence-corrected chi connectivity index (χ2v) is 5.79. The standard InChI is InChI=1S/C12H11NO4S2/c14-10(15)6-17-8-3-1-7(2-4-8)5-9-11(16)13-12(18)19-9/h1-4,9H,5-6H2,(H,14,15)(H,13,16,18). The van der Waals surface area contributed by atoms with Gasteiger partial charge in [-0.3, -0.25) is 4.79 Å². The van der Waals surface area contributed by atoms with Crippen molar-refractivity contribution in [2.24, 2.45) is 0 Å². The maximum absolute atomic E-state index is 11.5. The maximum atomic E-state index is 11.5. The van der Waals surface area contributed by atoms with Crippen molar-refractivity contribution in [1.82, 2.24) is 5.32 Å². The van der Waals surface area contributed by atoms with Crippen molar-refractivity contribution in [3.8, 4) is 5.75 Å². The molecule has 100 valence electrons. The van der Waals surface area contributed by atoms with Crippen molar-refractivity contribution in [2.45, 2.75) is 11.7 Å². The van der Waals surface area contributed by atoms with Gasteiger partial charge in [-0.1, -0.05) is 36.1 Å². The largest absolute Gasteiger partial charge is 0.482 e. The number of amides is 1. The van der Waals surface area contributed by atoms with Gasteiger partial charge in [0.1, 0.15) is 10.1 Å². The Morgan fingerprint density at radius 1 is 1.42 bits per heavy atom. The van der Waals surface area contributed by atoms with E-state index in [1.807, 2.05) is 12.1 Å². The van der Waals surface area contributed by atoms with Crippen LogP contribution in [0.15, 0.2) is 24.3 Å². The van der Waals surface area contributed by atoms with Crippen LogP contribution in [0.1, 0.15) is 5.56 Å². The van der Waals surface area contributed by atoms with Gasteiger partial charge in [0, 0.05) is 0 Å². The fourth-order valence-corrected chi connectivity index (χ4v) is 2.92. The van der Waals surface area contributed by atoms with E-state index in [1.165, 1.54) is 11.8 Å². The number of thioether (sulfide) groups is 1. The highest BCUT2D eigenvalue weighted by Gasteiger charge is 2.28. The predicted molar refractivity (Wildman–Crippen MR) is 75.4 cm³/mol. The summed E-state index contributed by atoms with van der Waals surface area (Å²) in [5.74, 6) is -0.594. The third-order valence-corrected chi connectivity index (χ3v) is 3.85. The lowest BCUT2D eigenvalue weighted by atomic mass is 10.1. The van der Waals surface area contributed by atoms with Gasteiger partial charge in [-0.05, 0) is 24.1 Å². The Kier molecular flexibility index (Phi) is 4.39. The molecule has 0 radical (unpaired) electrons. The van der Waals surface area contributed by atoms with Gasteiger partial charge >= 0.3 is 5.97 Å². The van der Waals surface area contributed by atoms with Gasteiger partial charge in [-0.2, -0.15) is 0 Å². The lowest BCUT2D eigenvalue weighted by Crippen LogP contribution is -2.25. The normalized spacial score (nSPS) is 18.2. The van der Waals surface area contributed by atoms with Gasteiger partial charge in [-0.25, -0.2) is 4.79 Å². The Morgan fingerprint density at radius 2 is 2.11 bits per heavy atom. The molecule has 2 rings (SSSR count). The molecule has 1 heterocycles. The van der Waals surface area contributed by atoms with Crippen LogP contribution in [0, 0.1) is 0 Å². The van der Waals surface area contributed by atoms with Crippen LogP contribution in [0.25, 0.3) is 0 Å².